The predicted octanol–water partition coefficient (Wildman–Crippen LogP) is 6.24. The Hall–Kier alpha value is 0.484. The molecule has 33 heavy (non-hydrogen) atoms. The van der Waals surface area contributed by atoms with Crippen LogP contribution < -0.4 is 5.32 Å². The summed E-state index contributed by atoms with van der Waals surface area (Å²) >= 11 is 5.62. The van der Waals surface area contributed by atoms with Crippen molar-refractivity contribution in [3.8, 4) is 0 Å². The lowest BCUT2D eigenvalue weighted by Crippen LogP contribution is -2.39. The Morgan fingerprint density at radius 3 is 1.24 bits per heavy atom. The minimum atomic E-state index is -1.87. The molecule has 0 aliphatic heterocycles. The van der Waals surface area contributed by atoms with E-state index in [0.717, 1.165) is 77.7 Å². The quantitative estimate of drug-likeness (QED) is 0.157. The zero-order valence-corrected chi connectivity index (χ0v) is 26.6. The molecule has 0 spiro atoms. The second kappa shape index (κ2) is 27.1. The van der Waals surface area contributed by atoms with Crippen molar-refractivity contribution < 1.29 is 17.7 Å². The van der Waals surface area contributed by atoms with E-state index in [9.17, 15) is 0 Å². The topological polar surface area (TPSA) is 52.2 Å². The minimum Gasteiger partial charge on any atom is -0.395 e. The van der Waals surface area contributed by atoms with Gasteiger partial charge >= 0.3 is 17.1 Å². The van der Waals surface area contributed by atoms with Crippen LogP contribution in [0.5, 0.6) is 0 Å². The van der Waals surface area contributed by atoms with Crippen LogP contribution in [0, 0.1) is 0 Å². The van der Waals surface area contributed by atoms with E-state index in [0.29, 0.717) is 5.88 Å². The van der Waals surface area contributed by atoms with Crippen LogP contribution >= 0.6 is 11.6 Å². The Labute approximate surface area is 214 Å². The SMILES string of the molecule is CCNCC.CCO[Si](C)(CCCCl)OCC.CCO[Si](C)(CCCN(CC)CC)OCC. The van der Waals surface area contributed by atoms with Crippen LogP contribution in [0.25, 0.3) is 0 Å². The fourth-order valence-corrected chi connectivity index (χ4v) is 8.56. The van der Waals surface area contributed by atoms with Crippen LogP contribution in [0.2, 0.25) is 25.2 Å². The summed E-state index contributed by atoms with van der Waals surface area (Å²) in [5.74, 6) is 0.697. The van der Waals surface area contributed by atoms with Crippen molar-refractivity contribution in [1.82, 2.24) is 10.2 Å². The van der Waals surface area contributed by atoms with E-state index in [4.69, 9.17) is 29.3 Å². The van der Waals surface area contributed by atoms with Crippen molar-refractivity contribution in [1.29, 1.82) is 0 Å². The fourth-order valence-electron chi connectivity index (χ4n) is 3.39. The minimum absolute atomic E-state index is 0.697. The van der Waals surface area contributed by atoms with Gasteiger partial charge in [-0.15, -0.1) is 11.6 Å². The third-order valence-corrected chi connectivity index (χ3v) is 11.5. The highest BCUT2D eigenvalue weighted by molar-refractivity contribution is 6.66. The molecule has 0 saturated carbocycles. The lowest BCUT2D eigenvalue weighted by molar-refractivity contribution is 0.186. The summed E-state index contributed by atoms with van der Waals surface area (Å²) in [5, 5.41) is 3.11. The molecule has 0 unspecified atom stereocenters. The molecule has 0 aromatic rings. The summed E-state index contributed by atoms with van der Waals surface area (Å²) < 4.78 is 22.9. The second-order valence-corrected chi connectivity index (χ2v) is 14.9. The van der Waals surface area contributed by atoms with Crippen molar-refractivity contribution in [2.24, 2.45) is 0 Å². The number of halogens is 1. The van der Waals surface area contributed by atoms with Gasteiger partial charge in [0, 0.05) is 32.3 Å². The Morgan fingerprint density at radius 2 is 1.00 bits per heavy atom. The molecule has 0 fully saturated rings. The van der Waals surface area contributed by atoms with Crippen LogP contribution in [0.15, 0.2) is 0 Å². The Balaban J connectivity index is -0.000000465. The van der Waals surface area contributed by atoms with Gasteiger partial charge in [-0.25, -0.2) is 0 Å². The van der Waals surface area contributed by atoms with Crippen molar-refractivity contribution in [3.05, 3.63) is 0 Å². The van der Waals surface area contributed by atoms with E-state index >= 15 is 0 Å². The third kappa shape index (κ3) is 25.4. The van der Waals surface area contributed by atoms with Gasteiger partial charge in [-0.05, 0) is 98.4 Å². The summed E-state index contributed by atoms with van der Waals surface area (Å²) in [7, 11) is -3.72. The number of hydrogen-bond acceptors (Lipinski definition) is 6. The van der Waals surface area contributed by atoms with Gasteiger partial charge in [-0.3, -0.25) is 0 Å². The van der Waals surface area contributed by atoms with E-state index in [1.165, 1.54) is 6.42 Å². The van der Waals surface area contributed by atoms with E-state index in [2.05, 4.69) is 64.9 Å². The van der Waals surface area contributed by atoms with Gasteiger partial charge in [-0.2, -0.15) is 0 Å². The average Bonchev–Trinajstić information content (AvgIpc) is 2.77. The van der Waals surface area contributed by atoms with Crippen LogP contribution in [0.3, 0.4) is 0 Å². The molecular weight excluding hydrogens is 472 g/mol. The molecule has 204 valence electrons. The Bertz CT molecular complexity index is 368. The fraction of sp³-hybridized carbons (Fsp3) is 1.00. The highest BCUT2D eigenvalue weighted by Gasteiger charge is 2.30. The molecule has 1 N–H and O–H groups in total. The van der Waals surface area contributed by atoms with Gasteiger partial charge in [0.15, 0.2) is 0 Å². The van der Waals surface area contributed by atoms with Crippen molar-refractivity contribution in [2.45, 2.75) is 93.4 Å². The van der Waals surface area contributed by atoms with Gasteiger partial charge in [0.05, 0.1) is 0 Å². The molecule has 0 rings (SSSR count). The summed E-state index contributed by atoms with van der Waals surface area (Å²) in [6.07, 6.45) is 2.18. The lowest BCUT2D eigenvalue weighted by atomic mass is 10.4. The Kier molecular flexibility index (Phi) is 31.2. The van der Waals surface area contributed by atoms with Crippen LogP contribution in [0.1, 0.15) is 68.2 Å². The predicted molar refractivity (Wildman–Crippen MR) is 151 cm³/mol. The highest BCUT2D eigenvalue weighted by atomic mass is 35.5. The molecule has 0 aliphatic rings. The Morgan fingerprint density at radius 1 is 0.636 bits per heavy atom. The largest absolute Gasteiger partial charge is 0.395 e. The normalized spacial score (nSPS) is 11.6. The first-order valence-corrected chi connectivity index (χ1v) is 18.8. The second-order valence-electron chi connectivity index (χ2n) is 7.88. The molecule has 6 nitrogen and oxygen atoms in total. The molecule has 0 aromatic carbocycles. The van der Waals surface area contributed by atoms with Gasteiger partial charge < -0.3 is 27.9 Å². The smallest absolute Gasteiger partial charge is 0.334 e. The molecule has 0 radical (unpaired) electrons. The number of rotatable bonds is 19. The monoisotopic (exact) mass is 530 g/mol. The number of alkyl halides is 1. The summed E-state index contributed by atoms with van der Waals surface area (Å²) in [6, 6.07) is 2.10. The van der Waals surface area contributed by atoms with Crippen LogP contribution in [-0.2, 0) is 17.7 Å². The zero-order valence-electron chi connectivity index (χ0n) is 23.9. The summed E-state index contributed by atoms with van der Waals surface area (Å²) in [6.45, 7) is 29.7. The molecular formula is C24H59ClN2O4Si2. The first kappa shape index (κ1) is 38.0. The average molecular weight is 531 g/mol. The number of nitrogens with zero attached hydrogens (tertiary/aromatic N) is 1. The van der Waals surface area contributed by atoms with Crippen LogP contribution in [0.4, 0.5) is 0 Å². The molecule has 0 bridgehead atoms. The van der Waals surface area contributed by atoms with E-state index in [1.807, 2.05) is 13.8 Å². The van der Waals surface area contributed by atoms with Gasteiger partial charge in [0.2, 0.25) is 0 Å². The standard InChI is InChI=1S/C12H29NO2Si.C8H19ClO2Si.C4H11N/c1-6-13(7-2)11-10-12-16(5,14-8-3)15-9-4;1-4-10-12(3,11-5-2)8-6-7-9;1-3-5-4-2/h6-12H2,1-5H3;4-8H2,1-3H3;5H,3-4H2,1-2H3. The van der Waals surface area contributed by atoms with Crippen molar-refractivity contribution >= 4 is 28.7 Å². The molecule has 0 atom stereocenters. The first-order valence-electron chi connectivity index (χ1n) is 13.3. The zero-order chi connectivity index (χ0) is 26.0. The lowest BCUT2D eigenvalue weighted by Gasteiger charge is -2.27. The van der Waals surface area contributed by atoms with E-state index in [1.54, 1.807) is 0 Å². The summed E-state index contributed by atoms with van der Waals surface area (Å²) in [4.78, 5) is 2.45. The maximum atomic E-state index is 5.82. The van der Waals surface area contributed by atoms with E-state index in [-0.39, 0.29) is 0 Å². The maximum absolute atomic E-state index is 5.82. The van der Waals surface area contributed by atoms with Gasteiger partial charge in [0.25, 0.3) is 0 Å². The maximum Gasteiger partial charge on any atom is 0.334 e. The van der Waals surface area contributed by atoms with Crippen molar-refractivity contribution in [2.75, 3.05) is 65.0 Å². The molecule has 0 saturated heterocycles. The molecule has 9 heteroatoms. The molecule has 0 amide bonds. The van der Waals surface area contributed by atoms with Crippen molar-refractivity contribution in [3.63, 3.8) is 0 Å². The first-order chi connectivity index (χ1) is 15.7. The highest BCUT2D eigenvalue weighted by Crippen LogP contribution is 2.17. The third-order valence-electron chi connectivity index (χ3n) is 5.06. The molecule has 0 aromatic heterocycles. The number of hydrogen-bond donors (Lipinski definition) is 1. The van der Waals surface area contributed by atoms with Gasteiger partial charge in [-0.1, -0.05) is 27.7 Å². The number of nitrogens with one attached hydrogen (secondary N) is 1. The van der Waals surface area contributed by atoms with Crippen LogP contribution in [-0.4, -0.2) is 87.1 Å². The summed E-state index contributed by atoms with van der Waals surface area (Å²) in [5.41, 5.74) is 0. The van der Waals surface area contributed by atoms with Gasteiger partial charge in [0.1, 0.15) is 0 Å². The molecule has 0 aliphatic carbocycles. The van der Waals surface area contributed by atoms with E-state index < -0.39 is 17.1 Å². The molecule has 0 heterocycles.